The molecule has 0 radical (unpaired) electrons. The van der Waals surface area contributed by atoms with Crippen molar-refractivity contribution < 1.29 is 17.9 Å². The van der Waals surface area contributed by atoms with Crippen LogP contribution in [0, 0.1) is 5.92 Å². The summed E-state index contributed by atoms with van der Waals surface area (Å²) in [5.41, 5.74) is 5.72. The lowest BCUT2D eigenvalue weighted by atomic mass is 10.0. The van der Waals surface area contributed by atoms with Gasteiger partial charge < -0.3 is 15.4 Å². The average molecular weight is 302 g/mol. The third kappa shape index (κ3) is 3.89. The van der Waals surface area contributed by atoms with Crippen LogP contribution in [0.5, 0.6) is 0 Å². The summed E-state index contributed by atoms with van der Waals surface area (Å²) in [6.45, 7) is 2.36. The van der Waals surface area contributed by atoms with Crippen LogP contribution in [0.2, 0.25) is 0 Å². The first-order valence-electron chi connectivity index (χ1n) is 7.09. The lowest BCUT2D eigenvalue weighted by molar-refractivity contribution is -0.138. The SMILES string of the molecule is COCC1CCN(c2ccc(CCN)c(C(F)(F)F)c2)C1. The van der Waals surface area contributed by atoms with Gasteiger partial charge in [-0.15, -0.1) is 0 Å². The van der Waals surface area contributed by atoms with Crippen molar-refractivity contribution in [2.24, 2.45) is 11.7 Å². The summed E-state index contributed by atoms with van der Waals surface area (Å²) in [5.74, 6) is 0.382. The van der Waals surface area contributed by atoms with Crippen molar-refractivity contribution in [2.45, 2.75) is 19.0 Å². The Labute approximate surface area is 122 Å². The van der Waals surface area contributed by atoms with Crippen LogP contribution in [0.15, 0.2) is 18.2 Å². The zero-order valence-electron chi connectivity index (χ0n) is 12.1. The smallest absolute Gasteiger partial charge is 0.384 e. The third-order valence-electron chi connectivity index (χ3n) is 3.87. The molecule has 1 aromatic carbocycles. The van der Waals surface area contributed by atoms with Gasteiger partial charge in [0.1, 0.15) is 0 Å². The second-order valence-electron chi connectivity index (χ2n) is 5.43. The van der Waals surface area contributed by atoms with Gasteiger partial charge in [-0.1, -0.05) is 6.07 Å². The molecule has 0 saturated carbocycles. The van der Waals surface area contributed by atoms with E-state index in [-0.39, 0.29) is 18.5 Å². The Kier molecular flexibility index (Phi) is 5.11. The highest BCUT2D eigenvalue weighted by Gasteiger charge is 2.34. The zero-order chi connectivity index (χ0) is 15.5. The van der Waals surface area contributed by atoms with Crippen LogP contribution in [0.3, 0.4) is 0 Å². The second kappa shape index (κ2) is 6.66. The fourth-order valence-corrected chi connectivity index (χ4v) is 2.84. The highest BCUT2D eigenvalue weighted by Crippen LogP contribution is 2.36. The minimum Gasteiger partial charge on any atom is -0.384 e. The first-order chi connectivity index (χ1) is 9.95. The number of benzene rings is 1. The summed E-state index contributed by atoms with van der Waals surface area (Å²) < 4.78 is 44.6. The summed E-state index contributed by atoms with van der Waals surface area (Å²) in [6.07, 6.45) is -3.16. The van der Waals surface area contributed by atoms with E-state index in [4.69, 9.17) is 10.5 Å². The number of nitrogens with zero attached hydrogens (tertiary/aromatic N) is 1. The average Bonchev–Trinajstić information content (AvgIpc) is 2.87. The normalized spacial score (nSPS) is 19.3. The molecule has 21 heavy (non-hydrogen) atoms. The molecule has 1 fully saturated rings. The molecule has 6 heteroatoms. The lowest BCUT2D eigenvalue weighted by Crippen LogP contribution is -2.22. The molecule has 1 atom stereocenters. The van der Waals surface area contributed by atoms with Crippen LogP contribution < -0.4 is 10.6 Å². The van der Waals surface area contributed by atoms with E-state index in [0.29, 0.717) is 18.2 Å². The number of hydrogen-bond acceptors (Lipinski definition) is 3. The summed E-state index contributed by atoms with van der Waals surface area (Å²) in [7, 11) is 1.64. The van der Waals surface area contributed by atoms with Crippen molar-refractivity contribution in [1.82, 2.24) is 0 Å². The summed E-state index contributed by atoms with van der Waals surface area (Å²) in [6, 6.07) is 4.56. The first kappa shape index (κ1) is 16.1. The van der Waals surface area contributed by atoms with Gasteiger partial charge in [-0.2, -0.15) is 13.2 Å². The van der Waals surface area contributed by atoms with Gasteiger partial charge in [0.05, 0.1) is 12.2 Å². The Morgan fingerprint density at radius 3 is 2.76 bits per heavy atom. The number of nitrogens with two attached hydrogens (primary N) is 1. The highest BCUT2D eigenvalue weighted by molar-refractivity contribution is 5.52. The highest BCUT2D eigenvalue weighted by atomic mass is 19.4. The molecule has 0 bridgehead atoms. The summed E-state index contributed by atoms with van der Waals surface area (Å²) in [5, 5.41) is 0. The molecule has 1 heterocycles. The van der Waals surface area contributed by atoms with E-state index in [9.17, 15) is 13.2 Å². The van der Waals surface area contributed by atoms with Gasteiger partial charge in [0, 0.05) is 31.8 Å². The van der Waals surface area contributed by atoms with Gasteiger partial charge >= 0.3 is 6.18 Å². The molecule has 3 nitrogen and oxygen atoms in total. The molecule has 0 aromatic heterocycles. The Bertz CT molecular complexity index is 476. The minimum atomic E-state index is -4.34. The first-order valence-corrected chi connectivity index (χ1v) is 7.09. The molecule has 2 rings (SSSR count). The number of anilines is 1. The van der Waals surface area contributed by atoms with Crippen molar-refractivity contribution in [3.8, 4) is 0 Å². The quantitative estimate of drug-likeness (QED) is 0.909. The van der Waals surface area contributed by atoms with Gasteiger partial charge in [0.25, 0.3) is 0 Å². The van der Waals surface area contributed by atoms with Crippen LogP contribution in [0.4, 0.5) is 18.9 Å². The molecule has 1 aliphatic rings. The monoisotopic (exact) mass is 302 g/mol. The maximum Gasteiger partial charge on any atom is 0.416 e. The fourth-order valence-electron chi connectivity index (χ4n) is 2.84. The maximum atomic E-state index is 13.2. The predicted octanol–water partition coefficient (Wildman–Crippen LogP) is 2.68. The van der Waals surface area contributed by atoms with Crippen LogP contribution in [0.1, 0.15) is 17.5 Å². The largest absolute Gasteiger partial charge is 0.416 e. The molecule has 0 aliphatic carbocycles. The molecule has 0 amide bonds. The van der Waals surface area contributed by atoms with E-state index < -0.39 is 11.7 Å². The van der Waals surface area contributed by atoms with Crippen molar-refractivity contribution in [3.63, 3.8) is 0 Å². The number of hydrogen-bond donors (Lipinski definition) is 1. The fraction of sp³-hybridized carbons (Fsp3) is 0.600. The number of rotatable bonds is 5. The van der Waals surface area contributed by atoms with Crippen LogP contribution in [0.25, 0.3) is 0 Å². The van der Waals surface area contributed by atoms with Crippen molar-refractivity contribution >= 4 is 5.69 Å². The predicted molar refractivity (Wildman–Crippen MR) is 76.4 cm³/mol. The van der Waals surface area contributed by atoms with Gasteiger partial charge in [-0.25, -0.2) is 0 Å². The molecule has 2 N–H and O–H groups in total. The van der Waals surface area contributed by atoms with E-state index in [2.05, 4.69) is 0 Å². The minimum absolute atomic E-state index is 0.210. The zero-order valence-corrected chi connectivity index (χ0v) is 12.1. The maximum absolute atomic E-state index is 13.2. The molecule has 1 aliphatic heterocycles. The van der Waals surface area contributed by atoms with E-state index in [0.717, 1.165) is 19.5 Å². The topological polar surface area (TPSA) is 38.5 Å². The van der Waals surface area contributed by atoms with Gasteiger partial charge in [-0.3, -0.25) is 0 Å². The van der Waals surface area contributed by atoms with Crippen LogP contribution in [-0.4, -0.2) is 33.4 Å². The van der Waals surface area contributed by atoms with E-state index in [1.807, 2.05) is 4.90 Å². The summed E-state index contributed by atoms with van der Waals surface area (Å²) in [4.78, 5) is 1.99. The molecule has 0 spiro atoms. The molecule has 1 saturated heterocycles. The van der Waals surface area contributed by atoms with Crippen molar-refractivity contribution in [1.29, 1.82) is 0 Å². The van der Waals surface area contributed by atoms with Crippen LogP contribution >= 0.6 is 0 Å². The molecule has 1 aromatic rings. The molecule has 1 unspecified atom stereocenters. The Morgan fingerprint density at radius 2 is 2.14 bits per heavy atom. The number of methoxy groups -OCH3 is 1. The van der Waals surface area contributed by atoms with E-state index in [1.165, 1.54) is 6.07 Å². The molecular weight excluding hydrogens is 281 g/mol. The van der Waals surface area contributed by atoms with Crippen molar-refractivity contribution in [3.05, 3.63) is 29.3 Å². The van der Waals surface area contributed by atoms with E-state index in [1.54, 1.807) is 19.2 Å². The molecule has 118 valence electrons. The van der Waals surface area contributed by atoms with Crippen LogP contribution in [-0.2, 0) is 17.3 Å². The molecular formula is C15H21F3N2O. The standard InChI is InChI=1S/C15H21F3N2O/c1-21-10-11-5-7-20(9-11)13-3-2-12(4-6-19)14(8-13)15(16,17)18/h2-3,8,11H,4-7,9-10,19H2,1H3. The number of alkyl halides is 3. The van der Waals surface area contributed by atoms with Crippen molar-refractivity contribution in [2.75, 3.05) is 38.3 Å². The van der Waals surface area contributed by atoms with Gasteiger partial charge in [-0.05, 0) is 37.1 Å². The Balaban J connectivity index is 2.22. The lowest BCUT2D eigenvalue weighted by Gasteiger charge is -2.21. The van der Waals surface area contributed by atoms with E-state index >= 15 is 0 Å². The summed E-state index contributed by atoms with van der Waals surface area (Å²) >= 11 is 0. The third-order valence-corrected chi connectivity index (χ3v) is 3.87. The number of ether oxygens (including phenoxy) is 1. The Morgan fingerprint density at radius 1 is 1.38 bits per heavy atom. The Hall–Kier alpha value is -1.27. The number of halogens is 3. The van der Waals surface area contributed by atoms with Gasteiger partial charge in [0.15, 0.2) is 0 Å². The second-order valence-corrected chi connectivity index (χ2v) is 5.43. The van der Waals surface area contributed by atoms with Gasteiger partial charge in [0.2, 0.25) is 0 Å².